The normalized spacial score (nSPS) is 17.5. The monoisotopic (exact) mass is 300 g/mol. The highest BCUT2D eigenvalue weighted by molar-refractivity contribution is 5.94. The van der Waals surface area contributed by atoms with Gasteiger partial charge in [-0.3, -0.25) is 4.79 Å². The summed E-state index contributed by atoms with van der Waals surface area (Å²) in [5.41, 5.74) is 1.65. The first-order chi connectivity index (χ1) is 10.7. The van der Waals surface area contributed by atoms with Gasteiger partial charge in [0.2, 0.25) is 5.88 Å². The average Bonchev–Trinajstić information content (AvgIpc) is 3.05. The second kappa shape index (κ2) is 6.13. The summed E-state index contributed by atoms with van der Waals surface area (Å²) >= 11 is 0. The molecule has 114 valence electrons. The summed E-state index contributed by atoms with van der Waals surface area (Å²) in [4.78, 5) is 18.4. The van der Waals surface area contributed by atoms with Crippen LogP contribution in [0.4, 0.5) is 4.39 Å². The minimum Gasteiger partial charge on any atom is -0.481 e. The maximum absolute atomic E-state index is 13.0. The van der Waals surface area contributed by atoms with Crippen LogP contribution in [0.3, 0.4) is 0 Å². The Bertz CT molecular complexity index is 673. The molecule has 1 aromatic carbocycles. The molecular formula is C17H17FN2O2. The first-order valence-corrected chi connectivity index (χ1v) is 7.22. The lowest BCUT2D eigenvalue weighted by Crippen LogP contribution is -2.28. The number of carbonyl (C=O) groups excluding carboxylic acids is 1. The number of rotatable bonds is 3. The first kappa shape index (κ1) is 14.5. The van der Waals surface area contributed by atoms with E-state index in [-0.39, 0.29) is 17.6 Å². The van der Waals surface area contributed by atoms with Crippen LogP contribution in [0.25, 0.3) is 0 Å². The van der Waals surface area contributed by atoms with Crippen LogP contribution >= 0.6 is 0 Å². The van der Waals surface area contributed by atoms with E-state index in [1.807, 2.05) is 4.90 Å². The molecule has 1 saturated heterocycles. The molecule has 0 unspecified atom stereocenters. The Kier molecular flexibility index (Phi) is 4.04. The van der Waals surface area contributed by atoms with Crippen molar-refractivity contribution >= 4 is 5.91 Å². The average molecular weight is 300 g/mol. The molecule has 1 amide bonds. The van der Waals surface area contributed by atoms with Gasteiger partial charge in [-0.15, -0.1) is 0 Å². The fourth-order valence-electron chi connectivity index (χ4n) is 2.79. The topological polar surface area (TPSA) is 42.4 Å². The van der Waals surface area contributed by atoms with Crippen molar-refractivity contribution in [1.29, 1.82) is 0 Å². The van der Waals surface area contributed by atoms with Gasteiger partial charge in [0.25, 0.3) is 5.91 Å². The van der Waals surface area contributed by atoms with Crippen LogP contribution in [-0.4, -0.2) is 36.0 Å². The van der Waals surface area contributed by atoms with E-state index in [2.05, 4.69) is 4.98 Å². The molecule has 1 fully saturated rings. The number of hydrogen-bond donors (Lipinski definition) is 0. The molecule has 3 rings (SSSR count). The van der Waals surface area contributed by atoms with E-state index >= 15 is 0 Å². The molecule has 0 N–H and O–H groups in total. The number of aromatic nitrogens is 1. The summed E-state index contributed by atoms with van der Waals surface area (Å²) < 4.78 is 18.0. The third kappa shape index (κ3) is 2.93. The maximum atomic E-state index is 13.0. The Balaban J connectivity index is 1.71. The Morgan fingerprint density at radius 2 is 2.09 bits per heavy atom. The standard InChI is InChI=1S/C17H17FN2O2/c1-22-16-10-13(6-8-19-16)17(21)20-9-7-14(11-20)12-2-4-15(18)5-3-12/h2-6,8,10,14H,7,9,11H2,1H3/t14-/m0/s1. The minimum absolute atomic E-state index is 0.0229. The van der Waals surface area contributed by atoms with Gasteiger partial charge in [0.15, 0.2) is 0 Å². The van der Waals surface area contributed by atoms with Crippen molar-refractivity contribution in [2.75, 3.05) is 20.2 Å². The zero-order chi connectivity index (χ0) is 15.5. The van der Waals surface area contributed by atoms with Crippen molar-refractivity contribution in [3.8, 4) is 5.88 Å². The molecule has 2 aromatic rings. The molecule has 0 bridgehead atoms. The zero-order valence-electron chi connectivity index (χ0n) is 12.3. The van der Waals surface area contributed by atoms with Gasteiger partial charge in [-0.1, -0.05) is 12.1 Å². The summed E-state index contributed by atoms with van der Waals surface area (Å²) in [5.74, 6) is 0.428. The van der Waals surface area contributed by atoms with E-state index in [0.29, 0.717) is 24.5 Å². The molecule has 5 heteroatoms. The number of likely N-dealkylation sites (tertiary alicyclic amines) is 1. The molecule has 0 saturated carbocycles. The minimum atomic E-state index is -0.237. The summed E-state index contributed by atoms with van der Waals surface area (Å²) in [5, 5.41) is 0. The molecular weight excluding hydrogens is 283 g/mol. The van der Waals surface area contributed by atoms with Crippen LogP contribution in [0.5, 0.6) is 5.88 Å². The summed E-state index contributed by atoms with van der Waals surface area (Å²) in [7, 11) is 1.52. The van der Waals surface area contributed by atoms with Crippen LogP contribution in [-0.2, 0) is 0 Å². The van der Waals surface area contributed by atoms with Crippen molar-refractivity contribution in [3.63, 3.8) is 0 Å². The Morgan fingerprint density at radius 3 is 2.82 bits per heavy atom. The predicted octanol–water partition coefficient (Wildman–Crippen LogP) is 2.86. The molecule has 1 aliphatic rings. The van der Waals surface area contributed by atoms with Gasteiger partial charge in [-0.25, -0.2) is 9.37 Å². The van der Waals surface area contributed by atoms with Crippen LogP contribution in [0.1, 0.15) is 28.3 Å². The molecule has 2 heterocycles. The number of ether oxygens (including phenoxy) is 1. The number of hydrogen-bond acceptors (Lipinski definition) is 3. The van der Waals surface area contributed by atoms with Gasteiger partial charge in [-0.2, -0.15) is 0 Å². The number of pyridine rings is 1. The van der Waals surface area contributed by atoms with Gasteiger partial charge in [-0.05, 0) is 30.2 Å². The fourth-order valence-corrected chi connectivity index (χ4v) is 2.79. The van der Waals surface area contributed by atoms with Crippen molar-refractivity contribution in [2.45, 2.75) is 12.3 Å². The van der Waals surface area contributed by atoms with Crippen LogP contribution < -0.4 is 4.74 Å². The molecule has 0 radical (unpaired) electrons. The van der Waals surface area contributed by atoms with Crippen molar-refractivity contribution in [3.05, 3.63) is 59.5 Å². The molecule has 4 nitrogen and oxygen atoms in total. The molecule has 0 spiro atoms. The number of halogens is 1. The predicted molar refractivity (Wildman–Crippen MR) is 80.5 cm³/mol. The highest BCUT2D eigenvalue weighted by Gasteiger charge is 2.28. The maximum Gasteiger partial charge on any atom is 0.254 e. The van der Waals surface area contributed by atoms with Crippen LogP contribution in [0.15, 0.2) is 42.6 Å². The van der Waals surface area contributed by atoms with E-state index in [0.717, 1.165) is 12.0 Å². The molecule has 1 atom stereocenters. The van der Waals surface area contributed by atoms with Gasteiger partial charge in [0.05, 0.1) is 7.11 Å². The lowest BCUT2D eigenvalue weighted by Gasteiger charge is -2.17. The molecule has 1 aliphatic heterocycles. The molecule has 1 aromatic heterocycles. The lowest BCUT2D eigenvalue weighted by molar-refractivity contribution is 0.0790. The summed E-state index contributed by atoms with van der Waals surface area (Å²) in [6, 6.07) is 9.86. The summed E-state index contributed by atoms with van der Waals surface area (Å²) in [6.45, 7) is 1.35. The van der Waals surface area contributed by atoms with Crippen LogP contribution in [0, 0.1) is 5.82 Å². The largest absolute Gasteiger partial charge is 0.481 e. The quantitative estimate of drug-likeness (QED) is 0.875. The fraction of sp³-hybridized carbons (Fsp3) is 0.294. The first-order valence-electron chi connectivity index (χ1n) is 7.22. The van der Waals surface area contributed by atoms with E-state index < -0.39 is 0 Å². The van der Waals surface area contributed by atoms with Gasteiger partial charge >= 0.3 is 0 Å². The third-order valence-corrected chi connectivity index (χ3v) is 4.01. The van der Waals surface area contributed by atoms with E-state index in [1.54, 1.807) is 30.5 Å². The SMILES string of the molecule is COc1cc(C(=O)N2CC[C@H](c3ccc(F)cc3)C2)ccn1. The third-order valence-electron chi connectivity index (χ3n) is 4.01. The number of nitrogens with zero attached hydrogens (tertiary/aromatic N) is 2. The summed E-state index contributed by atoms with van der Waals surface area (Å²) in [6.07, 6.45) is 2.46. The Morgan fingerprint density at radius 1 is 1.32 bits per heavy atom. The van der Waals surface area contributed by atoms with Crippen molar-refractivity contribution in [1.82, 2.24) is 9.88 Å². The van der Waals surface area contributed by atoms with E-state index in [9.17, 15) is 9.18 Å². The second-order valence-corrected chi connectivity index (χ2v) is 5.38. The van der Waals surface area contributed by atoms with Gasteiger partial charge < -0.3 is 9.64 Å². The lowest BCUT2D eigenvalue weighted by atomic mass is 9.99. The Labute approximate surface area is 128 Å². The molecule has 22 heavy (non-hydrogen) atoms. The van der Waals surface area contributed by atoms with Crippen molar-refractivity contribution < 1.29 is 13.9 Å². The highest BCUT2D eigenvalue weighted by atomic mass is 19.1. The zero-order valence-corrected chi connectivity index (χ0v) is 12.3. The number of benzene rings is 1. The number of amides is 1. The van der Waals surface area contributed by atoms with Crippen LogP contribution in [0.2, 0.25) is 0 Å². The second-order valence-electron chi connectivity index (χ2n) is 5.38. The van der Waals surface area contributed by atoms with Gasteiger partial charge in [0, 0.05) is 36.8 Å². The number of carbonyl (C=O) groups is 1. The number of methoxy groups -OCH3 is 1. The van der Waals surface area contributed by atoms with E-state index in [4.69, 9.17) is 4.74 Å². The Hall–Kier alpha value is -2.43. The van der Waals surface area contributed by atoms with E-state index in [1.165, 1.54) is 19.2 Å². The highest BCUT2D eigenvalue weighted by Crippen LogP contribution is 2.28. The van der Waals surface area contributed by atoms with Gasteiger partial charge in [0.1, 0.15) is 5.82 Å². The van der Waals surface area contributed by atoms with Crippen molar-refractivity contribution in [2.24, 2.45) is 0 Å². The molecule has 0 aliphatic carbocycles. The smallest absolute Gasteiger partial charge is 0.254 e.